The minimum Gasteiger partial charge on any atom is -0.504 e. The molecule has 0 amide bonds. The monoisotopic (exact) mass is 559 g/mol. The molecule has 0 aliphatic carbocycles. The molecule has 2 heteroatoms. The molecule has 0 aromatic heterocycles. The fraction of sp³-hybridized carbons (Fsp3) is 0.842. The van der Waals surface area contributed by atoms with Crippen molar-refractivity contribution in [1.29, 1.82) is 0 Å². The molecule has 2 N–H and O–H groups in total. The molecule has 0 atom stereocenters. The highest BCUT2D eigenvalue weighted by atomic mass is 16.3. The van der Waals surface area contributed by atoms with Gasteiger partial charge in [-0.05, 0) is 62.5 Å². The van der Waals surface area contributed by atoms with Crippen molar-refractivity contribution in [2.45, 2.75) is 207 Å². The smallest absolute Gasteiger partial charge is 0.161 e. The van der Waals surface area contributed by atoms with Crippen molar-refractivity contribution in [3.63, 3.8) is 0 Å². The second-order valence-corrected chi connectivity index (χ2v) is 12.7. The van der Waals surface area contributed by atoms with Crippen LogP contribution in [0.3, 0.4) is 0 Å². The van der Waals surface area contributed by atoms with E-state index in [0.717, 1.165) is 49.7 Å². The van der Waals surface area contributed by atoms with Crippen molar-refractivity contribution in [3.05, 3.63) is 22.3 Å². The number of hydrogen-bond donors (Lipinski definition) is 2. The van der Waals surface area contributed by atoms with Gasteiger partial charge in [-0.2, -0.15) is 0 Å². The van der Waals surface area contributed by atoms with Crippen molar-refractivity contribution >= 4 is 0 Å². The number of rotatable bonds is 28. The summed E-state index contributed by atoms with van der Waals surface area (Å²) in [4.78, 5) is 0. The molecule has 2 nitrogen and oxygen atoms in total. The van der Waals surface area contributed by atoms with Gasteiger partial charge in [0, 0.05) is 11.1 Å². The summed E-state index contributed by atoms with van der Waals surface area (Å²) in [5.41, 5.74) is 5.03. The van der Waals surface area contributed by atoms with Crippen LogP contribution in [-0.2, 0) is 25.7 Å². The Morgan fingerprint density at radius 1 is 0.275 bits per heavy atom. The molecule has 0 bridgehead atoms. The Morgan fingerprint density at radius 3 is 0.725 bits per heavy atom. The average molecular weight is 559 g/mol. The maximum atomic E-state index is 11.4. The minimum atomic E-state index is 0.224. The zero-order chi connectivity index (χ0) is 29.3. The van der Waals surface area contributed by atoms with E-state index in [2.05, 4.69) is 27.7 Å². The summed E-state index contributed by atoms with van der Waals surface area (Å²) in [5.74, 6) is 0.449. The van der Waals surface area contributed by atoms with Gasteiger partial charge in [0.2, 0.25) is 0 Å². The molecule has 0 aliphatic heterocycles. The first-order valence-corrected chi connectivity index (χ1v) is 18.2. The van der Waals surface area contributed by atoms with Gasteiger partial charge in [-0.1, -0.05) is 156 Å². The van der Waals surface area contributed by atoms with Crippen LogP contribution in [0.4, 0.5) is 0 Å². The van der Waals surface area contributed by atoms with E-state index in [1.807, 2.05) is 0 Å². The molecule has 0 unspecified atom stereocenters. The zero-order valence-electron chi connectivity index (χ0n) is 27.7. The topological polar surface area (TPSA) is 40.5 Å². The molecule has 0 spiro atoms. The summed E-state index contributed by atoms with van der Waals surface area (Å²) in [6.45, 7) is 9.11. The number of phenols is 2. The lowest BCUT2D eigenvalue weighted by Gasteiger charge is -2.23. The summed E-state index contributed by atoms with van der Waals surface area (Å²) >= 11 is 0. The van der Waals surface area contributed by atoms with Gasteiger partial charge in [0.25, 0.3) is 0 Å². The Morgan fingerprint density at radius 2 is 0.475 bits per heavy atom. The van der Waals surface area contributed by atoms with Crippen molar-refractivity contribution in [3.8, 4) is 11.5 Å². The van der Waals surface area contributed by atoms with E-state index >= 15 is 0 Å². The van der Waals surface area contributed by atoms with Crippen molar-refractivity contribution in [2.24, 2.45) is 0 Å². The normalized spacial score (nSPS) is 11.5. The van der Waals surface area contributed by atoms with Gasteiger partial charge >= 0.3 is 0 Å². The molecule has 0 heterocycles. The van der Waals surface area contributed by atoms with Crippen LogP contribution in [0.25, 0.3) is 0 Å². The lowest BCUT2D eigenvalue weighted by molar-refractivity contribution is 0.391. The molecule has 0 radical (unpaired) electrons. The molecule has 234 valence electrons. The lowest BCUT2D eigenvalue weighted by atomic mass is 9.84. The fourth-order valence-corrected chi connectivity index (χ4v) is 6.41. The van der Waals surface area contributed by atoms with Crippen LogP contribution >= 0.6 is 0 Å². The Labute approximate surface area is 251 Å². The van der Waals surface area contributed by atoms with E-state index in [4.69, 9.17) is 0 Å². The second kappa shape index (κ2) is 25.5. The van der Waals surface area contributed by atoms with Gasteiger partial charge in [0.05, 0.1) is 0 Å². The molecular formula is C38H70O2. The second-order valence-electron chi connectivity index (χ2n) is 12.7. The minimum absolute atomic E-state index is 0.224. The third-order valence-corrected chi connectivity index (χ3v) is 9.01. The SMILES string of the molecule is CCCCCCCCc1c(O)c(O)c(CCCCCCCC)c(CCCCCCCC)c1CCCCCCCC. The molecule has 1 aromatic rings. The third-order valence-electron chi connectivity index (χ3n) is 9.01. The molecule has 0 saturated carbocycles. The maximum Gasteiger partial charge on any atom is 0.161 e. The Bertz CT molecular complexity index is 662. The highest BCUT2D eigenvalue weighted by molar-refractivity contribution is 5.59. The summed E-state index contributed by atoms with van der Waals surface area (Å²) in [5, 5.41) is 22.8. The quantitative estimate of drug-likeness (QED) is 0.0793. The summed E-state index contributed by atoms with van der Waals surface area (Å²) < 4.78 is 0. The average Bonchev–Trinajstić information content (AvgIpc) is 2.96. The zero-order valence-corrected chi connectivity index (χ0v) is 27.7. The van der Waals surface area contributed by atoms with Crippen molar-refractivity contribution in [1.82, 2.24) is 0 Å². The number of aromatic hydroxyl groups is 2. The number of hydrogen-bond acceptors (Lipinski definition) is 2. The molecule has 0 saturated heterocycles. The van der Waals surface area contributed by atoms with Crippen LogP contribution in [0.2, 0.25) is 0 Å². The van der Waals surface area contributed by atoms with Gasteiger partial charge < -0.3 is 10.2 Å². The van der Waals surface area contributed by atoms with E-state index in [1.165, 1.54) is 152 Å². The Hall–Kier alpha value is -1.18. The molecular weight excluding hydrogens is 488 g/mol. The van der Waals surface area contributed by atoms with E-state index in [0.29, 0.717) is 0 Å². The van der Waals surface area contributed by atoms with E-state index < -0.39 is 0 Å². The Balaban J connectivity index is 3.14. The first-order chi connectivity index (χ1) is 19.6. The largest absolute Gasteiger partial charge is 0.504 e. The van der Waals surface area contributed by atoms with Gasteiger partial charge in [-0.25, -0.2) is 0 Å². The van der Waals surface area contributed by atoms with Crippen LogP contribution in [0.5, 0.6) is 11.5 Å². The predicted octanol–water partition coefficient (Wildman–Crippen LogP) is 12.7. The molecule has 40 heavy (non-hydrogen) atoms. The highest BCUT2D eigenvalue weighted by Gasteiger charge is 2.22. The number of unbranched alkanes of at least 4 members (excludes halogenated alkanes) is 20. The van der Waals surface area contributed by atoms with Crippen LogP contribution in [0, 0.1) is 0 Å². The summed E-state index contributed by atoms with van der Waals surface area (Å²) in [6, 6.07) is 0. The standard InChI is InChI=1S/C38H70O2/c1-5-9-13-17-21-25-29-33-34(30-26-22-18-14-10-6-2)36(32-28-24-20-16-12-8-4)38(40)37(39)35(33)31-27-23-19-15-11-7-3/h39-40H,5-32H2,1-4H3. The number of benzene rings is 1. The first-order valence-electron chi connectivity index (χ1n) is 18.2. The van der Waals surface area contributed by atoms with E-state index in [-0.39, 0.29) is 11.5 Å². The molecule has 0 fully saturated rings. The first kappa shape index (κ1) is 36.8. The third kappa shape index (κ3) is 15.7. The van der Waals surface area contributed by atoms with E-state index in [1.54, 1.807) is 0 Å². The summed E-state index contributed by atoms with van der Waals surface area (Å²) in [7, 11) is 0. The Kier molecular flexibility index (Phi) is 23.5. The van der Waals surface area contributed by atoms with Gasteiger partial charge in [0.1, 0.15) is 0 Å². The van der Waals surface area contributed by atoms with Gasteiger partial charge in [-0.15, -0.1) is 0 Å². The highest BCUT2D eigenvalue weighted by Crippen LogP contribution is 2.42. The molecule has 1 aromatic carbocycles. The van der Waals surface area contributed by atoms with E-state index in [9.17, 15) is 10.2 Å². The van der Waals surface area contributed by atoms with Gasteiger partial charge in [-0.3, -0.25) is 0 Å². The van der Waals surface area contributed by atoms with Crippen LogP contribution < -0.4 is 0 Å². The summed E-state index contributed by atoms with van der Waals surface area (Å²) in [6.07, 6.45) is 34.6. The fourth-order valence-electron chi connectivity index (χ4n) is 6.41. The lowest BCUT2D eigenvalue weighted by Crippen LogP contribution is -2.08. The van der Waals surface area contributed by atoms with Crippen LogP contribution in [0.15, 0.2) is 0 Å². The molecule has 1 rings (SSSR count). The van der Waals surface area contributed by atoms with Crippen LogP contribution in [0.1, 0.15) is 204 Å². The van der Waals surface area contributed by atoms with Gasteiger partial charge in [0.15, 0.2) is 11.5 Å². The van der Waals surface area contributed by atoms with Crippen molar-refractivity contribution < 1.29 is 10.2 Å². The predicted molar refractivity (Wildman–Crippen MR) is 178 cm³/mol. The van der Waals surface area contributed by atoms with Crippen LogP contribution in [-0.4, -0.2) is 10.2 Å². The number of phenolic OH excluding ortho intramolecular Hbond substituents is 2. The van der Waals surface area contributed by atoms with Crippen molar-refractivity contribution in [2.75, 3.05) is 0 Å². The molecule has 0 aliphatic rings. The maximum absolute atomic E-state index is 11.4.